The molecule has 0 rings (SSSR count). The first-order chi connectivity index (χ1) is 4.49. The second kappa shape index (κ2) is 3.68. The van der Waals surface area contributed by atoms with Crippen LogP contribution in [0.4, 0.5) is 0 Å². The highest BCUT2D eigenvalue weighted by Crippen LogP contribution is 2.37. The molecule has 0 aromatic rings. The van der Waals surface area contributed by atoms with Gasteiger partial charge in [0.25, 0.3) is 0 Å². The first-order valence-corrected chi connectivity index (χ1v) is 4.01. The SMILES string of the molecule is C=CC(C=C)OP(=O)(O)O. The van der Waals surface area contributed by atoms with E-state index in [1.807, 2.05) is 0 Å². The van der Waals surface area contributed by atoms with Crippen LogP contribution in [0.15, 0.2) is 25.3 Å². The molecule has 10 heavy (non-hydrogen) atoms. The Morgan fingerprint density at radius 2 is 1.80 bits per heavy atom. The van der Waals surface area contributed by atoms with Gasteiger partial charge in [0.05, 0.1) is 0 Å². The Labute approximate surface area is 59.1 Å². The van der Waals surface area contributed by atoms with Crippen molar-refractivity contribution in [3.63, 3.8) is 0 Å². The maximum atomic E-state index is 10.1. The van der Waals surface area contributed by atoms with Crippen molar-refractivity contribution in [1.82, 2.24) is 0 Å². The van der Waals surface area contributed by atoms with Crippen LogP contribution in [0.2, 0.25) is 0 Å². The molecule has 58 valence electrons. The molecule has 0 saturated heterocycles. The van der Waals surface area contributed by atoms with Gasteiger partial charge in [-0.3, -0.25) is 4.52 Å². The van der Waals surface area contributed by atoms with Crippen LogP contribution in [0.3, 0.4) is 0 Å². The van der Waals surface area contributed by atoms with Gasteiger partial charge in [-0.15, -0.1) is 13.2 Å². The molecule has 5 heteroatoms. The smallest absolute Gasteiger partial charge is 0.303 e. The van der Waals surface area contributed by atoms with Gasteiger partial charge in [0.1, 0.15) is 6.10 Å². The quantitative estimate of drug-likeness (QED) is 0.477. The first-order valence-electron chi connectivity index (χ1n) is 2.48. The maximum Gasteiger partial charge on any atom is 0.470 e. The predicted molar refractivity (Wildman–Crippen MR) is 37.3 cm³/mol. The lowest BCUT2D eigenvalue weighted by atomic mass is 10.4. The normalized spacial score (nSPS) is 11.5. The van der Waals surface area contributed by atoms with Gasteiger partial charge in [0.15, 0.2) is 0 Å². The summed E-state index contributed by atoms with van der Waals surface area (Å²) in [5.41, 5.74) is 0. The number of hydrogen-bond donors (Lipinski definition) is 2. The van der Waals surface area contributed by atoms with Crippen LogP contribution >= 0.6 is 7.82 Å². The van der Waals surface area contributed by atoms with Gasteiger partial charge < -0.3 is 9.79 Å². The predicted octanol–water partition coefficient (Wildman–Crippen LogP) is 0.836. The van der Waals surface area contributed by atoms with E-state index in [4.69, 9.17) is 9.79 Å². The van der Waals surface area contributed by atoms with Crippen LogP contribution in [-0.4, -0.2) is 15.9 Å². The maximum absolute atomic E-state index is 10.1. The van der Waals surface area contributed by atoms with E-state index in [2.05, 4.69) is 17.7 Å². The lowest BCUT2D eigenvalue weighted by molar-refractivity contribution is 0.185. The summed E-state index contributed by atoms with van der Waals surface area (Å²) in [5.74, 6) is 0. The minimum absolute atomic E-state index is 0.791. The third-order valence-electron chi connectivity index (χ3n) is 0.724. The molecular formula is C5H9O4P. The molecule has 0 aromatic heterocycles. The molecule has 0 amide bonds. The van der Waals surface area contributed by atoms with E-state index in [0.29, 0.717) is 0 Å². The van der Waals surface area contributed by atoms with Crippen molar-refractivity contribution < 1.29 is 18.9 Å². The lowest BCUT2D eigenvalue weighted by Crippen LogP contribution is -2.02. The Bertz CT molecular complexity index is 162. The van der Waals surface area contributed by atoms with Gasteiger partial charge in [-0.05, 0) is 0 Å². The zero-order chi connectivity index (χ0) is 8.20. The molecule has 0 heterocycles. The minimum Gasteiger partial charge on any atom is -0.303 e. The topological polar surface area (TPSA) is 66.8 Å². The van der Waals surface area contributed by atoms with Crippen molar-refractivity contribution in [2.75, 3.05) is 0 Å². The van der Waals surface area contributed by atoms with Crippen molar-refractivity contribution in [3.05, 3.63) is 25.3 Å². The van der Waals surface area contributed by atoms with Crippen molar-refractivity contribution >= 4 is 7.82 Å². The highest BCUT2D eigenvalue weighted by atomic mass is 31.2. The summed E-state index contributed by atoms with van der Waals surface area (Å²) in [6.45, 7) is 6.55. The summed E-state index contributed by atoms with van der Waals surface area (Å²) in [7, 11) is -4.40. The summed E-state index contributed by atoms with van der Waals surface area (Å²) >= 11 is 0. The van der Waals surface area contributed by atoms with Gasteiger partial charge in [-0.1, -0.05) is 12.2 Å². The molecule has 2 N–H and O–H groups in total. The zero-order valence-electron chi connectivity index (χ0n) is 5.30. The molecule has 0 aromatic carbocycles. The van der Waals surface area contributed by atoms with Crippen LogP contribution < -0.4 is 0 Å². The third kappa shape index (κ3) is 4.47. The molecule has 0 aliphatic heterocycles. The summed E-state index contributed by atoms with van der Waals surface area (Å²) in [6.07, 6.45) is 1.69. The first kappa shape index (κ1) is 9.59. The van der Waals surface area contributed by atoms with Crippen molar-refractivity contribution in [1.29, 1.82) is 0 Å². The summed E-state index contributed by atoms with van der Waals surface area (Å²) in [4.78, 5) is 16.5. The molecule has 0 unspecified atom stereocenters. The molecule has 0 aliphatic rings. The van der Waals surface area contributed by atoms with Crippen LogP contribution in [0.1, 0.15) is 0 Å². The van der Waals surface area contributed by atoms with Crippen molar-refractivity contribution in [2.24, 2.45) is 0 Å². The van der Waals surface area contributed by atoms with Crippen LogP contribution in [-0.2, 0) is 9.09 Å². The van der Waals surface area contributed by atoms with E-state index in [1.54, 1.807) is 0 Å². The highest BCUT2D eigenvalue weighted by Gasteiger charge is 2.17. The minimum atomic E-state index is -4.40. The highest BCUT2D eigenvalue weighted by molar-refractivity contribution is 7.46. The molecule has 0 spiro atoms. The van der Waals surface area contributed by atoms with E-state index in [1.165, 1.54) is 12.2 Å². The van der Waals surface area contributed by atoms with Crippen LogP contribution in [0.25, 0.3) is 0 Å². The lowest BCUT2D eigenvalue weighted by Gasteiger charge is -2.08. The summed E-state index contributed by atoms with van der Waals surface area (Å²) in [6, 6.07) is 0. The van der Waals surface area contributed by atoms with E-state index < -0.39 is 13.9 Å². The standard InChI is InChI=1S/C5H9O4P/c1-3-5(4-2)9-10(6,7)8/h3-5H,1-2H2,(H2,6,7,8). The van der Waals surface area contributed by atoms with Crippen molar-refractivity contribution in [2.45, 2.75) is 6.10 Å². The average Bonchev–Trinajstić information content (AvgIpc) is 1.81. The van der Waals surface area contributed by atoms with Crippen molar-refractivity contribution in [3.8, 4) is 0 Å². The molecule has 0 radical (unpaired) electrons. The summed E-state index contributed by atoms with van der Waals surface area (Å²) < 4.78 is 14.3. The fourth-order valence-electron chi connectivity index (χ4n) is 0.341. The van der Waals surface area contributed by atoms with Crippen LogP contribution in [0, 0.1) is 0 Å². The van der Waals surface area contributed by atoms with Gasteiger partial charge in [0.2, 0.25) is 0 Å². The van der Waals surface area contributed by atoms with Gasteiger partial charge >= 0.3 is 7.82 Å². The number of phosphoric acid groups is 1. The second-order valence-corrected chi connectivity index (χ2v) is 2.72. The summed E-state index contributed by atoms with van der Waals surface area (Å²) in [5, 5.41) is 0. The van der Waals surface area contributed by atoms with E-state index >= 15 is 0 Å². The molecule has 0 aliphatic carbocycles. The molecule has 0 bridgehead atoms. The number of rotatable bonds is 4. The number of hydrogen-bond acceptors (Lipinski definition) is 2. The largest absolute Gasteiger partial charge is 0.470 e. The Hall–Kier alpha value is -0.410. The fraction of sp³-hybridized carbons (Fsp3) is 0.200. The molecule has 0 fully saturated rings. The van der Waals surface area contributed by atoms with Gasteiger partial charge in [-0.2, -0.15) is 0 Å². The Balaban J connectivity index is 3.99. The van der Waals surface area contributed by atoms with E-state index in [0.717, 1.165) is 0 Å². The molecule has 0 atom stereocenters. The fourth-order valence-corrected chi connectivity index (χ4v) is 0.830. The molecular weight excluding hydrogens is 155 g/mol. The van der Waals surface area contributed by atoms with E-state index in [-0.39, 0.29) is 0 Å². The van der Waals surface area contributed by atoms with Crippen LogP contribution in [0.5, 0.6) is 0 Å². The Morgan fingerprint density at radius 1 is 1.40 bits per heavy atom. The van der Waals surface area contributed by atoms with E-state index in [9.17, 15) is 4.57 Å². The molecule has 4 nitrogen and oxygen atoms in total. The Morgan fingerprint density at radius 3 is 1.90 bits per heavy atom. The zero-order valence-corrected chi connectivity index (χ0v) is 6.20. The number of phosphoric ester groups is 1. The van der Waals surface area contributed by atoms with Gasteiger partial charge in [0, 0.05) is 0 Å². The van der Waals surface area contributed by atoms with Gasteiger partial charge in [-0.25, -0.2) is 4.57 Å². The monoisotopic (exact) mass is 164 g/mol. The molecule has 0 saturated carbocycles. The Kier molecular flexibility index (Phi) is 3.53. The average molecular weight is 164 g/mol. The second-order valence-electron chi connectivity index (χ2n) is 1.53. The third-order valence-corrected chi connectivity index (χ3v) is 1.24.